The van der Waals surface area contributed by atoms with Crippen LogP contribution in [-0.4, -0.2) is 19.6 Å². The summed E-state index contributed by atoms with van der Waals surface area (Å²) in [6.07, 6.45) is 3.20. The van der Waals surface area contributed by atoms with Gasteiger partial charge in [0.25, 0.3) is 11.2 Å². The third-order valence-electron chi connectivity index (χ3n) is 4.64. The van der Waals surface area contributed by atoms with Gasteiger partial charge in [0.2, 0.25) is 0 Å². The Bertz CT molecular complexity index is 1490. The second-order valence-electron chi connectivity index (χ2n) is 6.70. The van der Waals surface area contributed by atoms with Gasteiger partial charge in [0.15, 0.2) is 0 Å². The number of nitro groups is 1. The molecule has 10 heteroatoms. The van der Waals surface area contributed by atoms with Crippen molar-refractivity contribution in [3.63, 3.8) is 0 Å². The van der Waals surface area contributed by atoms with Crippen molar-refractivity contribution in [3.05, 3.63) is 99.5 Å². The van der Waals surface area contributed by atoms with Crippen molar-refractivity contribution >= 4 is 78.9 Å². The average Bonchev–Trinajstić information content (AvgIpc) is 2.75. The molecule has 7 nitrogen and oxygen atoms in total. The highest BCUT2D eigenvalue weighted by molar-refractivity contribution is 14.1. The Morgan fingerprint density at radius 2 is 1.91 bits per heavy atom. The van der Waals surface area contributed by atoms with Gasteiger partial charge in [-0.2, -0.15) is 0 Å². The van der Waals surface area contributed by atoms with Crippen molar-refractivity contribution in [2.45, 2.75) is 0 Å². The first kappa shape index (κ1) is 22.4. The molecule has 0 spiro atoms. The minimum atomic E-state index is -0.559. The SMILES string of the molecule is O=c1c2cc(I)ccc2nc(C=Cc2cc(Br)ccc2O)n1-c1ccc([N+](=O)[O-])cc1Cl. The van der Waals surface area contributed by atoms with Crippen molar-refractivity contribution < 1.29 is 10.0 Å². The predicted molar refractivity (Wildman–Crippen MR) is 136 cm³/mol. The molecule has 0 aliphatic carbocycles. The molecule has 1 N–H and O–H groups in total. The van der Waals surface area contributed by atoms with Crippen LogP contribution in [0.5, 0.6) is 5.75 Å². The lowest BCUT2D eigenvalue weighted by molar-refractivity contribution is -0.384. The number of aromatic hydroxyl groups is 1. The maximum Gasteiger partial charge on any atom is 0.271 e. The Hall–Kier alpha value is -2.76. The molecule has 0 atom stereocenters. The predicted octanol–water partition coefficient (Wildman–Crippen LogP) is 6.19. The Labute approximate surface area is 208 Å². The third-order valence-corrected chi connectivity index (χ3v) is 6.11. The quantitative estimate of drug-likeness (QED) is 0.166. The number of halogens is 3. The van der Waals surface area contributed by atoms with Crippen molar-refractivity contribution in [2.24, 2.45) is 0 Å². The highest BCUT2D eigenvalue weighted by atomic mass is 127. The molecule has 0 amide bonds. The molecule has 0 radical (unpaired) electrons. The van der Waals surface area contributed by atoms with Crippen LogP contribution in [0.4, 0.5) is 5.69 Å². The number of non-ortho nitro benzene ring substituents is 1. The van der Waals surface area contributed by atoms with Crippen molar-refractivity contribution in [1.82, 2.24) is 9.55 Å². The summed E-state index contributed by atoms with van der Waals surface area (Å²) in [6.45, 7) is 0. The Balaban J connectivity index is 1.99. The van der Waals surface area contributed by atoms with E-state index in [4.69, 9.17) is 11.6 Å². The van der Waals surface area contributed by atoms with E-state index in [1.54, 1.807) is 42.5 Å². The van der Waals surface area contributed by atoms with E-state index in [-0.39, 0.29) is 33.5 Å². The minimum Gasteiger partial charge on any atom is -0.507 e. The third kappa shape index (κ3) is 4.41. The highest BCUT2D eigenvalue weighted by Gasteiger charge is 2.17. The second-order valence-corrected chi connectivity index (χ2v) is 9.27. The van der Waals surface area contributed by atoms with E-state index < -0.39 is 4.92 Å². The van der Waals surface area contributed by atoms with Gasteiger partial charge in [-0.05, 0) is 77.2 Å². The molecule has 0 unspecified atom stereocenters. The van der Waals surface area contributed by atoms with Gasteiger partial charge in [-0.1, -0.05) is 27.5 Å². The molecular weight excluding hydrogens is 613 g/mol. The monoisotopic (exact) mass is 623 g/mol. The van der Waals surface area contributed by atoms with E-state index in [2.05, 4.69) is 43.5 Å². The van der Waals surface area contributed by atoms with Crippen LogP contribution in [0, 0.1) is 13.7 Å². The summed E-state index contributed by atoms with van der Waals surface area (Å²) in [4.78, 5) is 28.6. The number of hydrogen-bond donors (Lipinski definition) is 1. The number of benzene rings is 3. The zero-order chi connectivity index (χ0) is 23.0. The van der Waals surface area contributed by atoms with Gasteiger partial charge in [0.1, 0.15) is 11.6 Å². The van der Waals surface area contributed by atoms with Crippen molar-refractivity contribution in [1.29, 1.82) is 0 Å². The summed E-state index contributed by atoms with van der Waals surface area (Å²) in [6, 6.07) is 14.1. The van der Waals surface area contributed by atoms with Gasteiger partial charge < -0.3 is 5.11 Å². The normalized spacial score (nSPS) is 11.3. The molecule has 4 rings (SSSR count). The number of rotatable bonds is 4. The molecule has 160 valence electrons. The summed E-state index contributed by atoms with van der Waals surface area (Å²) in [5, 5.41) is 21.6. The van der Waals surface area contributed by atoms with Crippen molar-refractivity contribution in [2.75, 3.05) is 0 Å². The highest BCUT2D eigenvalue weighted by Crippen LogP contribution is 2.28. The molecule has 0 fully saturated rings. The van der Waals surface area contributed by atoms with Crippen LogP contribution < -0.4 is 5.56 Å². The fourth-order valence-corrected chi connectivity index (χ4v) is 4.26. The summed E-state index contributed by atoms with van der Waals surface area (Å²) < 4.78 is 2.93. The van der Waals surface area contributed by atoms with Gasteiger partial charge in [0, 0.05) is 25.7 Å². The lowest BCUT2D eigenvalue weighted by Crippen LogP contribution is -2.22. The van der Waals surface area contributed by atoms with Crippen LogP contribution in [0.3, 0.4) is 0 Å². The molecule has 1 heterocycles. The first-order valence-electron chi connectivity index (χ1n) is 9.08. The first-order valence-corrected chi connectivity index (χ1v) is 11.3. The first-order chi connectivity index (χ1) is 15.2. The van der Waals surface area contributed by atoms with Crippen LogP contribution in [0.15, 0.2) is 63.9 Å². The molecule has 0 saturated carbocycles. The molecule has 4 aromatic rings. The summed E-state index contributed by atoms with van der Waals surface area (Å²) in [7, 11) is 0. The number of phenols is 1. The maximum absolute atomic E-state index is 13.4. The van der Waals surface area contributed by atoms with Gasteiger partial charge in [0.05, 0.1) is 26.5 Å². The van der Waals surface area contributed by atoms with E-state index in [9.17, 15) is 20.0 Å². The van der Waals surface area contributed by atoms with Gasteiger partial charge in [-0.15, -0.1) is 0 Å². The summed E-state index contributed by atoms with van der Waals surface area (Å²) >= 11 is 11.8. The standard InChI is InChI=1S/C22H12BrClIN3O4/c23-13-2-7-20(29)12(9-13)1-8-21-26-18-5-3-14(25)10-16(18)22(30)27(21)19-6-4-15(28(31)32)11-17(19)24/h1-11,29H. The lowest BCUT2D eigenvalue weighted by atomic mass is 10.1. The van der Waals surface area contributed by atoms with Gasteiger partial charge in [-0.3, -0.25) is 19.5 Å². The van der Waals surface area contributed by atoms with Crippen molar-refractivity contribution in [3.8, 4) is 11.4 Å². The Morgan fingerprint density at radius 3 is 2.62 bits per heavy atom. The molecule has 0 aliphatic rings. The van der Waals surface area contributed by atoms with E-state index in [1.807, 2.05) is 6.07 Å². The smallest absolute Gasteiger partial charge is 0.271 e. The molecule has 1 aromatic heterocycles. The van der Waals surface area contributed by atoms with Crippen LogP contribution in [-0.2, 0) is 0 Å². The van der Waals surface area contributed by atoms with E-state index >= 15 is 0 Å². The zero-order valence-corrected chi connectivity index (χ0v) is 20.5. The molecular formula is C22H12BrClIN3O4. The number of hydrogen-bond acceptors (Lipinski definition) is 5. The fourth-order valence-electron chi connectivity index (χ4n) is 3.13. The molecule has 0 saturated heterocycles. The molecule has 0 bridgehead atoms. The zero-order valence-electron chi connectivity index (χ0n) is 16.0. The Kier molecular flexibility index (Phi) is 6.31. The van der Waals surface area contributed by atoms with Crippen LogP contribution >= 0.6 is 50.1 Å². The van der Waals surface area contributed by atoms with E-state index in [0.717, 1.165) is 8.04 Å². The van der Waals surface area contributed by atoms with Crippen LogP contribution in [0.2, 0.25) is 5.02 Å². The topological polar surface area (TPSA) is 98.3 Å². The number of aromatic nitrogens is 2. The minimum absolute atomic E-state index is 0.0352. The lowest BCUT2D eigenvalue weighted by Gasteiger charge is -2.13. The van der Waals surface area contributed by atoms with Crippen LogP contribution in [0.25, 0.3) is 28.7 Å². The summed E-state index contributed by atoms with van der Waals surface area (Å²) in [5.74, 6) is 0.306. The van der Waals surface area contributed by atoms with E-state index in [1.165, 1.54) is 22.8 Å². The van der Waals surface area contributed by atoms with Gasteiger partial charge >= 0.3 is 0 Å². The number of fused-ring (bicyclic) bond motifs is 1. The van der Waals surface area contributed by atoms with Crippen LogP contribution in [0.1, 0.15) is 11.4 Å². The summed E-state index contributed by atoms with van der Waals surface area (Å²) in [5.41, 5.74) is 0.697. The second kappa shape index (κ2) is 9.00. The number of nitrogens with zero attached hydrogens (tertiary/aromatic N) is 3. The average molecular weight is 625 g/mol. The molecule has 32 heavy (non-hydrogen) atoms. The van der Waals surface area contributed by atoms with E-state index in [0.29, 0.717) is 16.5 Å². The molecule has 3 aromatic carbocycles. The maximum atomic E-state index is 13.4. The largest absolute Gasteiger partial charge is 0.507 e. The fraction of sp³-hybridized carbons (Fsp3) is 0. The number of phenolic OH excluding ortho intramolecular Hbond substituents is 1. The Morgan fingerprint density at radius 1 is 1.12 bits per heavy atom. The van der Waals surface area contributed by atoms with Gasteiger partial charge in [-0.25, -0.2) is 4.98 Å². The number of nitro benzene ring substituents is 1. The molecule has 0 aliphatic heterocycles.